The van der Waals surface area contributed by atoms with Crippen LogP contribution in [-0.4, -0.2) is 59.7 Å². The van der Waals surface area contributed by atoms with E-state index in [1.54, 1.807) is 24.2 Å². The highest BCUT2D eigenvalue weighted by atomic mass is 32.2. The zero-order valence-electron chi connectivity index (χ0n) is 16.2. The maximum atomic E-state index is 13.1. The summed E-state index contributed by atoms with van der Waals surface area (Å²) in [6.07, 6.45) is 3.35. The summed E-state index contributed by atoms with van der Waals surface area (Å²) in [6.45, 7) is 2.72. The van der Waals surface area contributed by atoms with E-state index < -0.39 is 15.8 Å². The summed E-state index contributed by atoms with van der Waals surface area (Å²) in [5.74, 6) is -0.639. The van der Waals surface area contributed by atoms with Crippen LogP contribution >= 0.6 is 11.3 Å². The van der Waals surface area contributed by atoms with Crippen LogP contribution in [-0.2, 0) is 10.0 Å². The summed E-state index contributed by atoms with van der Waals surface area (Å²) in [7, 11) is -3.72. The van der Waals surface area contributed by atoms with Crippen LogP contribution in [0.1, 0.15) is 15.4 Å². The fourth-order valence-corrected chi connectivity index (χ4v) is 5.71. The molecule has 10 heteroatoms. The minimum Gasteiger partial charge on any atom is -0.335 e. The molecule has 30 heavy (non-hydrogen) atoms. The van der Waals surface area contributed by atoms with Crippen molar-refractivity contribution in [3.05, 3.63) is 65.2 Å². The molecule has 0 bridgehead atoms. The molecule has 7 nitrogen and oxygen atoms in total. The van der Waals surface area contributed by atoms with Gasteiger partial charge in [-0.25, -0.2) is 17.8 Å². The third kappa shape index (κ3) is 3.98. The summed E-state index contributed by atoms with van der Waals surface area (Å²) in [6, 6.07) is 8.43. The molecule has 0 N–H and O–H groups in total. The van der Waals surface area contributed by atoms with Crippen LogP contribution in [0.25, 0.3) is 10.6 Å². The Morgan fingerprint density at radius 3 is 2.30 bits per heavy atom. The van der Waals surface area contributed by atoms with Gasteiger partial charge in [-0.1, -0.05) is 0 Å². The highest BCUT2D eigenvalue weighted by Crippen LogP contribution is 2.29. The number of benzene rings is 1. The molecule has 1 saturated heterocycles. The number of pyridine rings is 1. The van der Waals surface area contributed by atoms with Crippen LogP contribution in [0.2, 0.25) is 0 Å². The molecule has 3 aromatic rings. The largest absolute Gasteiger partial charge is 0.335 e. The van der Waals surface area contributed by atoms with Gasteiger partial charge in [0.15, 0.2) is 0 Å². The Balaban J connectivity index is 1.46. The van der Waals surface area contributed by atoms with Crippen molar-refractivity contribution in [2.24, 2.45) is 0 Å². The van der Waals surface area contributed by atoms with Crippen molar-refractivity contribution >= 4 is 27.3 Å². The number of piperazine rings is 1. The van der Waals surface area contributed by atoms with Crippen LogP contribution < -0.4 is 0 Å². The van der Waals surface area contributed by atoms with Gasteiger partial charge in [0.2, 0.25) is 10.0 Å². The number of carbonyl (C=O) groups is 1. The molecule has 1 aliphatic heterocycles. The zero-order valence-corrected chi connectivity index (χ0v) is 17.8. The number of nitrogens with zero attached hydrogens (tertiary/aromatic N) is 4. The van der Waals surface area contributed by atoms with E-state index >= 15 is 0 Å². The van der Waals surface area contributed by atoms with Crippen molar-refractivity contribution in [2.75, 3.05) is 26.2 Å². The van der Waals surface area contributed by atoms with Crippen LogP contribution in [0.3, 0.4) is 0 Å². The number of sulfonamides is 1. The van der Waals surface area contributed by atoms with Gasteiger partial charge in [0.25, 0.3) is 5.91 Å². The molecular formula is C20H19FN4O3S2. The van der Waals surface area contributed by atoms with Gasteiger partial charge in [0.05, 0.1) is 10.6 Å². The van der Waals surface area contributed by atoms with Crippen molar-refractivity contribution in [3.8, 4) is 10.6 Å². The number of amides is 1. The Labute approximate surface area is 177 Å². The monoisotopic (exact) mass is 446 g/mol. The lowest BCUT2D eigenvalue weighted by Gasteiger charge is -2.33. The topological polar surface area (TPSA) is 83.5 Å². The van der Waals surface area contributed by atoms with E-state index in [0.29, 0.717) is 10.6 Å². The molecule has 0 saturated carbocycles. The lowest BCUT2D eigenvalue weighted by Crippen LogP contribution is -2.50. The smallest absolute Gasteiger partial charge is 0.265 e. The van der Waals surface area contributed by atoms with E-state index in [1.807, 2.05) is 12.1 Å². The van der Waals surface area contributed by atoms with Crippen molar-refractivity contribution in [3.63, 3.8) is 0 Å². The molecule has 1 fully saturated rings. The van der Waals surface area contributed by atoms with Gasteiger partial charge in [-0.15, -0.1) is 11.3 Å². The highest BCUT2D eigenvalue weighted by Gasteiger charge is 2.31. The van der Waals surface area contributed by atoms with Gasteiger partial charge in [-0.3, -0.25) is 9.78 Å². The number of rotatable bonds is 4. The maximum absolute atomic E-state index is 13.1. The van der Waals surface area contributed by atoms with E-state index in [2.05, 4.69) is 9.97 Å². The van der Waals surface area contributed by atoms with Crippen molar-refractivity contribution < 1.29 is 17.6 Å². The molecule has 1 aliphatic rings. The molecule has 0 radical (unpaired) electrons. The van der Waals surface area contributed by atoms with Crippen LogP contribution in [0.5, 0.6) is 0 Å². The van der Waals surface area contributed by atoms with Gasteiger partial charge < -0.3 is 4.90 Å². The average molecular weight is 447 g/mol. The summed E-state index contributed by atoms with van der Waals surface area (Å²) < 4.78 is 39.9. The molecule has 0 aliphatic carbocycles. The number of hydrogen-bond acceptors (Lipinski definition) is 6. The van der Waals surface area contributed by atoms with Crippen molar-refractivity contribution in [1.82, 2.24) is 19.2 Å². The summed E-state index contributed by atoms with van der Waals surface area (Å²) >= 11 is 1.32. The average Bonchev–Trinajstić information content (AvgIpc) is 3.16. The molecule has 1 amide bonds. The van der Waals surface area contributed by atoms with Gasteiger partial charge in [-0.2, -0.15) is 4.31 Å². The fourth-order valence-electron chi connectivity index (χ4n) is 3.24. The first-order valence-electron chi connectivity index (χ1n) is 9.29. The Morgan fingerprint density at radius 1 is 1.03 bits per heavy atom. The summed E-state index contributed by atoms with van der Waals surface area (Å²) in [4.78, 5) is 23.7. The molecular weight excluding hydrogens is 427 g/mol. The molecule has 1 aromatic carbocycles. The lowest BCUT2D eigenvalue weighted by atomic mass is 10.3. The van der Waals surface area contributed by atoms with E-state index in [0.717, 1.165) is 22.7 Å². The number of carbonyl (C=O) groups excluding carboxylic acids is 1. The minimum atomic E-state index is -3.72. The predicted octanol–water partition coefficient (Wildman–Crippen LogP) is 2.80. The van der Waals surface area contributed by atoms with E-state index in [1.165, 1.54) is 27.8 Å². The molecule has 0 spiro atoms. The third-order valence-electron chi connectivity index (χ3n) is 4.90. The zero-order chi connectivity index (χ0) is 21.3. The van der Waals surface area contributed by atoms with Gasteiger partial charge in [0.1, 0.15) is 15.7 Å². The second-order valence-corrected chi connectivity index (χ2v) is 9.76. The van der Waals surface area contributed by atoms with Gasteiger partial charge in [-0.05, 0) is 43.3 Å². The number of aromatic nitrogens is 2. The Bertz CT molecular complexity index is 1160. The number of aryl methyl sites for hydroxylation is 1. The maximum Gasteiger partial charge on any atom is 0.265 e. The van der Waals surface area contributed by atoms with Gasteiger partial charge >= 0.3 is 0 Å². The predicted molar refractivity (Wildman–Crippen MR) is 111 cm³/mol. The number of halogens is 1. The second-order valence-electron chi connectivity index (χ2n) is 6.82. The molecule has 3 heterocycles. The molecule has 4 rings (SSSR count). The third-order valence-corrected chi connectivity index (χ3v) is 8.00. The first kappa shape index (κ1) is 20.6. The number of thiazole rings is 1. The van der Waals surface area contributed by atoms with Crippen molar-refractivity contribution in [1.29, 1.82) is 0 Å². The standard InChI is InChI=1S/C20H19FN4O3S2/c1-14-18(29-19(23-14)15-6-8-22-9-7-15)20(26)24-10-12-25(13-11-24)30(27,28)17-4-2-16(21)3-5-17/h2-9H,10-13H2,1H3. The summed E-state index contributed by atoms with van der Waals surface area (Å²) in [5, 5.41) is 0.746. The van der Waals surface area contributed by atoms with E-state index in [-0.39, 0.29) is 37.0 Å². The fraction of sp³-hybridized carbons (Fsp3) is 0.250. The summed E-state index contributed by atoms with van der Waals surface area (Å²) in [5.41, 5.74) is 1.55. The molecule has 0 unspecified atom stereocenters. The van der Waals surface area contributed by atoms with Gasteiger partial charge in [0, 0.05) is 44.1 Å². The normalized spacial score (nSPS) is 15.3. The van der Waals surface area contributed by atoms with Crippen LogP contribution in [0.4, 0.5) is 4.39 Å². The first-order chi connectivity index (χ1) is 14.4. The quantitative estimate of drug-likeness (QED) is 0.615. The Kier molecular flexibility index (Phi) is 5.63. The molecule has 0 atom stereocenters. The lowest BCUT2D eigenvalue weighted by molar-refractivity contribution is 0.0702. The van der Waals surface area contributed by atoms with E-state index in [9.17, 15) is 17.6 Å². The van der Waals surface area contributed by atoms with Crippen LogP contribution in [0.15, 0.2) is 53.7 Å². The Hall–Kier alpha value is -2.69. The van der Waals surface area contributed by atoms with Crippen LogP contribution in [0, 0.1) is 12.7 Å². The number of hydrogen-bond donors (Lipinski definition) is 0. The molecule has 156 valence electrons. The van der Waals surface area contributed by atoms with E-state index in [4.69, 9.17) is 0 Å². The highest BCUT2D eigenvalue weighted by molar-refractivity contribution is 7.89. The molecule has 2 aromatic heterocycles. The first-order valence-corrected chi connectivity index (χ1v) is 11.5. The Morgan fingerprint density at radius 2 is 1.67 bits per heavy atom. The SMILES string of the molecule is Cc1nc(-c2ccncc2)sc1C(=O)N1CCN(S(=O)(=O)c2ccc(F)cc2)CC1. The second kappa shape index (κ2) is 8.21. The van der Waals surface area contributed by atoms with Crippen molar-refractivity contribution in [2.45, 2.75) is 11.8 Å². The minimum absolute atomic E-state index is 0.0453.